The van der Waals surface area contributed by atoms with Crippen molar-refractivity contribution in [1.29, 1.82) is 0 Å². The van der Waals surface area contributed by atoms with Crippen LogP contribution in [0.4, 0.5) is 20.7 Å². The van der Waals surface area contributed by atoms with Gasteiger partial charge in [0.15, 0.2) is 0 Å². The summed E-state index contributed by atoms with van der Waals surface area (Å²) < 4.78 is 20.5. The first-order chi connectivity index (χ1) is 18.8. The van der Waals surface area contributed by atoms with E-state index in [0.29, 0.717) is 41.1 Å². The molecule has 0 radical (unpaired) electrons. The summed E-state index contributed by atoms with van der Waals surface area (Å²) >= 11 is 0. The van der Waals surface area contributed by atoms with E-state index in [-0.39, 0.29) is 12.4 Å². The highest BCUT2D eigenvalue weighted by molar-refractivity contribution is 5.97. The van der Waals surface area contributed by atoms with Crippen LogP contribution in [0.25, 0.3) is 16.9 Å². The molecular formula is C30H32FN5O3. The van der Waals surface area contributed by atoms with E-state index >= 15 is 0 Å². The smallest absolute Gasteiger partial charge is 0.322 e. The number of methoxy groups -OCH3 is 1. The number of anilines is 2. The minimum Gasteiger partial charge on any atom is -0.495 e. The zero-order chi connectivity index (χ0) is 27.8. The van der Waals surface area contributed by atoms with Crippen LogP contribution in [0.5, 0.6) is 5.75 Å². The van der Waals surface area contributed by atoms with Crippen LogP contribution in [0.15, 0.2) is 84.9 Å². The van der Waals surface area contributed by atoms with E-state index in [9.17, 15) is 14.0 Å². The number of rotatable bonds is 10. The van der Waals surface area contributed by atoms with Crippen LogP contribution in [-0.2, 0) is 4.79 Å². The monoisotopic (exact) mass is 529 g/mol. The van der Waals surface area contributed by atoms with Crippen LogP contribution in [0.1, 0.15) is 20.3 Å². The maximum Gasteiger partial charge on any atom is 0.322 e. The first kappa shape index (κ1) is 27.4. The van der Waals surface area contributed by atoms with Gasteiger partial charge in [-0.25, -0.2) is 13.9 Å². The fourth-order valence-corrected chi connectivity index (χ4v) is 3.96. The zero-order valence-electron chi connectivity index (χ0n) is 22.2. The molecule has 3 amide bonds. The number of nitrogens with zero attached hydrogens (tertiary/aromatic N) is 3. The number of carbonyl (C=O) groups is 2. The molecule has 0 unspecified atom stereocenters. The second-order valence-electron chi connectivity index (χ2n) is 9.45. The number of nitrogens with one attached hydrogen (secondary N) is 2. The zero-order valence-corrected chi connectivity index (χ0v) is 22.2. The van der Waals surface area contributed by atoms with Crippen molar-refractivity contribution in [2.75, 3.05) is 30.8 Å². The van der Waals surface area contributed by atoms with Crippen molar-refractivity contribution in [2.45, 2.75) is 20.3 Å². The molecule has 0 atom stereocenters. The third-order valence-electron chi connectivity index (χ3n) is 6.06. The van der Waals surface area contributed by atoms with Gasteiger partial charge in [0, 0.05) is 18.2 Å². The minimum atomic E-state index is -0.410. The number of halogens is 1. The van der Waals surface area contributed by atoms with Gasteiger partial charge >= 0.3 is 6.03 Å². The highest BCUT2D eigenvalue weighted by atomic mass is 19.1. The fourth-order valence-electron chi connectivity index (χ4n) is 3.96. The van der Waals surface area contributed by atoms with Gasteiger partial charge in [-0.2, -0.15) is 5.10 Å². The predicted molar refractivity (Wildman–Crippen MR) is 151 cm³/mol. The fraction of sp³-hybridized carbons (Fsp3) is 0.233. The number of para-hydroxylation sites is 2. The summed E-state index contributed by atoms with van der Waals surface area (Å²) in [5.41, 5.74) is 2.60. The lowest BCUT2D eigenvalue weighted by Crippen LogP contribution is -2.41. The Hall–Kier alpha value is -4.66. The second kappa shape index (κ2) is 12.7. The number of amides is 3. The van der Waals surface area contributed by atoms with Crippen molar-refractivity contribution in [3.8, 4) is 22.7 Å². The summed E-state index contributed by atoms with van der Waals surface area (Å²) in [4.78, 5) is 28.0. The van der Waals surface area contributed by atoms with E-state index < -0.39 is 11.9 Å². The lowest BCUT2D eigenvalue weighted by Gasteiger charge is -2.24. The van der Waals surface area contributed by atoms with E-state index in [2.05, 4.69) is 29.6 Å². The highest BCUT2D eigenvalue weighted by Crippen LogP contribution is 2.26. The average molecular weight is 530 g/mol. The van der Waals surface area contributed by atoms with E-state index in [1.165, 1.54) is 24.1 Å². The summed E-state index contributed by atoms with van der Waals surface area (Å²) in [6, 6.07) is 23.8. The number of urea groups is 1. The molecule has 1 heterocycles. The predicted octanol–water partition coefficient (Wildman–Crippen LogP) is 6.21. The highest BCUT2D eigenvalue weighted by Gasteiger charge is 2.21. The Labute approximate surface area is 227 Å². The van der Waals surface area contributed by atoms with Gasteiger partial charge in [0.25, 0.3) is 0 Å². The largest absolute Gasteiger partial charge is 0.495 e. The van der Waals surface area contributed by atoms with Crippen molar-refractivity contribution in [3.63, 3.8) is 0 Å². The van der Waals surface area contributed by atoms with Gasteiger partial charge in [0.05, 0.1) is 24.2 Å². The van der Waals surface area contributed by atoms with E-state index in [0.717, 1.165) is 12.0 Å². The maximum absolute atomic E-state index is 13.6. The Morgan fingerprint density at radius 3 is 2.36 bits per heavy atom. The van der Waals surface area contributed by atoms with Crippen molar-refractivity contribution >= 4 is 23.4 Å². The minimum absolute atomic E-state index is 0.178. The molecule has 0 bridgehead atoms. The van der Waals surface area contributed by atoms with Crippen LogP contribution < -0.4 is 15.4 Å². The molecule has 4 rings (SSSR count). The summed E-state index contributed by atoms with van der Waals surface area (Å²) in [6.07, 6.45) is 0.721. The summed E-state index contributed by atoms with van der Waals surface area (Å²) in [6.45, 7) is 4.33. The topological polar surface area (TPSA) is 88.5 Å². The van der Waals surface area contributed by atoms with Gasteiger partial charge in [0.2, 0.25) is 5.91 Å². The Kier molecular flexibility index (Phi) is 8.94. The van der Waals surface area contributed by atoms with Crippen LogP contribution in [0.2, 0.25) is 0 Å². The Morgan fingerprint density at radius 2 is 1.67 bits per heavy atom. The number of carbonyl (C=O) groups excluding carboxylic acids is 2. The van der Waals surface area contributed by atoms with Crippen molar-refractivity contribution in [1.82, 2.24) is 14.7 Å². The molecule has 8 nitrogen and oxygen atoms in total. The van der Waals surface area contributed by atoms with Gasteiger partial charge < -0.3 is 20.3 Å². The molecule has 0 saturated carbocycles. The van der Waals surface area contributed by atoms with E-state index in [4.69, 9.17) is 4.74 Å². The molecule has 0 saturated heterocycles. The quantitative estimate of drug-likeness (QED) is 0.256. The van der Waals surface area contributed by atoms with E-state index in [1.807, 2.05) is 36.4 Å². The van der Waals surface area contributed by atoms with Crippen molar-refractivity contribution < 1.29 is 18.7 Å². The number of hydrogen-bond donors (Lipinski definition) is 2. The molecule has 2 N–H and O–H groups in total. The third-order valence-corrected chi connectivity index (χ3v) is 6.06. The number of aromatic nitrogens is 2. The molecule has 0 spiro atoms. The second-order valence-corrected chi connectivity index (χ2v) is 9.45. The molecule has 0 aliphatic heterocycles. The molecule has 0 fully saturated rings. The van der Waals surface area contributed by atoms with Gasteiger partial charge in [-0.1, -0.05) is 56.3 Å². The van der Waals surface area contributed by atoms with Gasteiger partial charge in [-0.15, -0.1) is 0 Å². The molecule has 39 heavy (non-hydrogen) atoms. The standard InChI is InChI=1S/C30H32FN5O3/c1-21(2)17-18-35(30(38)32-25-11-7-8-12-27(25)39-3)20-29(37)33-28-19-26(22-9-5-4-6-10-22)34-36(28)24-15-13-23(31)14-16-24/h4-16,19,21H,17-18,20H2,1-3H3,(H,32,38)(H,33,37). The molecule has 9 heteroatoms. The molecule has 1 aromatic heterocycles. The third kappa shape index (κ3) is 7.22. The number of benzene rings is 3. The van der Waals surface area contributed by atoms with Crippen LogP contribution in [0, 0.1) is 11.7 Å². The van der Waals surface area contributed by atoms with Gasteiger partial charge in [-0.3, -0.25) is 4.79 Å². The maximum atomic E-state index is 13.6. The number of hydrogen-bond acceptors (Lipinski definition) is 4. The first-order valence-electron chi connectivity index (χ1n) is 12.7. The molecule has 4 aromatic rings. The Balaban J connectivity index is 1.57. The summed E-state index contributed by atoms with van der Waals surface area (Å²) in [5.74, 6) is 0.497. The lowest BCUT2D eigenvalue weighted by atomic mass is 10.1. The van der Waals surface area contributed by atoms with Crippen LogP contribution >= 0.6 is 0 Å². The SMILES string of the molecule is COc1ccccc1NC(=O)N(CCC(C)C)CC(=O)Nc1cc(-c2ccccc2)nn1-c1ccc(F)cc1. The molecule has 3 aromatic carbocycles. The van der Waals surface area contributed by atoms with Crippen molar-refractivity contribution in [2.24, 2.45) is 5.92 Å². The van der Waals surface area contributed by atoms with Crippen LogP contribution in [-0.4, -0.2) is 46.8 Å². The van der Waals surface area contributed by atoms with E-state index in [1.54, 1.807) is 41.1 Å². The van der Waals surface area contributed by atoms with Gasteiger partial charge in [-0.05, 0) is 48.7 Å². The summed E-state index contributed by atoms with van der Waals surface area (Å²) in [7, 11) is 1.53. The normalized spacial score (nSPS) is 10.8. The Bertz CT molecular complexity index is 1400. The van der Waals surface area contributed by atoms with Gasteiger partial charge in [0.1, 0.15) is 23.9 Å². The molecular weight excluding hydrogens is 497 g/mol. The Morgan fingerprint density at radius 1 is 0.974 bits per heavy atom. The summed E-state index contributed by atoms with van der Waals surface area (Å²) in [5, 5.41) is 10.4. The van der Waals surface area contributed by atoms with Crippen molar-refractivity contribution in [3.05, 3.63) is 90.7 Å². The number of ether oxygens (including phenoxy) is 1. The average Bonchev–Trinajstić information content (AvgIpc) is 3.35. The molecule has 0 aliphatic carbocycles. The molecule has 0 aliphatic rings. The molecule has 202 valence electrons. The first-order valence-corrected chi connectivity index (χ1v) is 12.7. The lowest BCUT2D eigenvalue weighted by molar-refractivity contribution is -0.116. The van der Waals surface area contributed by atoms with Crippen LogP contribution in [0.3, 0.4) is 0 Å².